The van der Waals surface area contributed by atoms with Crippen LogP contribution in [0.15, 0.2) is 53.0 Å². The third kappa shape index (κ3) is 2.97. The fraction of sp³-hybridized carbons (Fsp3) is 0. The molecule has 0 radical (unpaired) electrons. The van der Waals surface area contributed by atoms with Crippen LogP contribution in [0.4, 0.5) is 5.69 Å². The molecular formula is C16H11BrN4O3. The van der Waals surface area contributed by atoms with Crippen LogP contribution in [-0.4, -0.2) is 15.8 Å². The number of carbonyl (C=O) groups excluding carboxylic acids is 1. The molecule has 1 amide bonds. The van der Waals surface area contributed by atoms with E-state index in [0.29, 0.717) is 27.7 Å². The van der Waals surface area contributed by atoms with Gasteiger partial charge in [-0.15, -0.1) is 0 Å². The SMILES string of the molecule is NNC(=O)c1cc(-c2cccc([N+](=O)[O-])c2)nc2ccc(Br)cc12. The number of fused-ring (bicyclic) bond motifs is 1. The molecule has 0 bridgehead atoms. The highest BCUT2D eigenvalue weighted by atomic mass is 79.9. The first kappa shape index (κ1) is 16.0. The van der Waals surface area contributed by atoms with Gasteiger partial charge >= 0.3 is 0 Å². The second-order valence-electron chi connectivity index (χ2n) is 5.00. The summed E-state index contributed by atoms with van der Waals surface area (Å²) in [6, 6.07) is 13.0. The Hall–Kier alpha value is -2.84. The first-order valence-corrected chi connectivity index (χ1v) is 7.65. The number of non-ortho nitro benzene ring substituents is 1. The van der Waals surface area contributed by atoms with Gasteiger partial charge in [0.2, 0.25) is 0 Å². The van der Waals surface area contributed by atoms with E-state index in [1.165, 1.54) is 12.1 Å². The molecule has 1 heterocycles. The van der Waals surface area contributed by atoms with Crippen LogP contribution in [0, 0.1) is 10.1 Å². The number of aromatic nitrogens is 1. The number of carbonyl (C=O) groups is 1. The number of nitrogens with two attached hydrogens (primary N) is 1. The summed E-state index contributed by atoms with van der Waals surface area (Å²) >= 11 is 3.36. The van der Waals surface area contributed by atoms with Crippen molar-refractivity contribution in [3.05, 3.63) is 68.7 Å². The molecule has 8 heteroatoms. The van der Waals surface area contributed by atoms with Crippen molar-refractivity contribution < 1.29 is 9.72 Å². The van der Waals surface area contributed by atoms with E-state index in [9.17, 15) is 14.9 Å². The van der Waals surface area contributed by atoms with E-state index in [0.717, 1.165) is 4.47 Å². The Balaban J connectivity index is 2.26. The summed E-state index contributed by atoms with van der Waals surface area (Å²) in [5.74, 6) is 4.80. The van der Waals surface area contributed by atoms with Crippen LogP contribution in [0.3, 0.4) is 0 Å². The van der Waals surface area contributed by atoms with E-state index in [1.54, 1.807) is 36.4 Å². The number of rotatable bonds is 3. The molecule has 0 unspecified atom stereocenters. The predicted octanol–water partition coefficient (Wildman–Crippen LogP) is 3.18. The molecule has 3 N–H and O–H groups in total. The Morgan fingerprint density at radius 3 is 2.71 bits per heavy atom. The summed E-state index contributed by atoms with van der Waals surface area (Å²) in [5, 5.41) is 11.6. The van der Waals surface area contributed by atoms with E-state index in [4.69, 9.17) is 5.84 Å². The Morgan fingerprint density at radius 1 is 1.21 bits per heavy atom. The first-order valence-electron chi connectivity index (χ1n) is 6.85. The summed E-state index contributed by atoms with van der Waals surface area (Å²) in [5.41, 5.74) is 3.98. The van der Waals surface area contributed by atoms with E-state index < -0.39 is 10.8 Å². The van der Waals surface area contributed by atoms with E-state index >= 15 is 0 Å². The van der Waals surface area contributed by atoms with E-state index in [-0.39, 0.29) is 5.69 Å². The quantitative estimate of drug-likeness (QED) is 0.310. The van der Waals surface area contributed by atoms with Crippen LogP contribution in [-0.2, 0) is 0 Å². The number of amides is 1. The Bertz CT molecular complexity index is 975. The lowest BCUT2D eigenvalue weighted by Gasteiger charge is -2.09. The van der Waals surface area contributed by atoms with Crippen LogP contribution >= 0.6 is 15.9 Å². The lowest BCUT2D eigenvalue weighted by molar-refractivity contribution is -0.384. The molecule has 3 aromatic rings. The van der Waals surface area contributed by atoms with Gasteiger partial charge in [0.15, 0.2) is 0 Å². The number of halogens is 1. The van der Waals surface area contributed by atoms with Gasteiger partial charge in [-0.1, -0.05) is 28.1 Å². The minimum Gasteiger partial charge on any atom is -0.290 e. The van der Waals surface area contributed by atoms with Gasteiger partial charge in [0.25, 0.3) is 11.6 Å². The van der Waals surface area contributed by atoms with Crippen molar-refractivity contribution in [1.29, 1.82) is 0 Å². The third-order valence-electron chi connectivity index (χ3n) is 3.50. The maximum atomic E-state index is 12.1. The molecule has 0 atom stereocenters. The molecule has 0 spiro atoms. The average Bonchev–Trinajstić information content (AvgIpc) is 2.60. The summed E-state index contributed by atoms with van der Waals surface area (Å²) in [6.07, 6.45) is 0. The van der Waals surface area contributed by atoms with Crippen LogP contribution < -0.4 is 11.3 Å². The van der Waals surface area contributed by atoms with Crippen molar-refractivity contribution >= 4 is 38.4 Å². The van der Waals surface area contributed by atoms with E-state index in [2.05, 4.69) is 26.3 Å². The molecule has 2 aromatic carbocycles. The predicted molar refractivity (Wildman–Crippen MR) is 93.2 cm³/mol. The van der Waals surface area contributed by atoms with Crippen molar-refractivity contribution in [2.45, 2.75) is 0 Å². The molecule has 0 aliphatic rings. The van der Waals surface area contributed by atoms with Crippen molar-refractivity contribution in [2.75, 3.05) is 0 Å². The highest BCUT2D eigenvalue weighted by Gasteiger charge is 2.15. The van der Waals surface area contributed by atoms with Gasteiger partial charge in [0.05, 0.1) is 21.7 Å². The van der Waals surface area contributed by atoms with Gasteiger partial charge in [0.1, 0.15) is 0 Å². The van der Waals surface area contributed by atoms with Crippen molar-refractivity contribution in [1.82, 2.24) is 10.4 Å². The van der Waals surface area contributed by atoms with Gasteiger partial charge in [-0.3, -0.25) is 20.3 Å². The summed E-state index contributed by atoms with van der Waals surface area (Å²) < 4.78 is 0.797. The molecule has 24 heavy (non-hydrogen) atoms. The first-order chi connectivity index (χ1) is 11.5. The number of hydrogen-bond donors (Lipinski definition) is 2. The fourth-order valence-electron chi connectivity index (χ4n) is 2.39. The summed E-state index contributed by atoms with van der Waals surface area (Å²) in [6.45, 7) is 0. The number of nitrogen functional groups attached to an aromatic ring is 1. The summed E-state index contributed by atoms with van der Waals surface area (Å²) in [7, 11) is 0. The lowest BCUT2D eigenvalue weighted by atomic mass is 10.0. The Kier molecular flexibility index (Phi) is 4.24. The Labute approximate surface area is 144 Å². The fourth-order valence-corrected chi connectivity index (χ4v) is 2.75. The maximum Gasteiger partial charge on any atom is 0.270 e. The monoisotopic (exact) mass is 386 g/mol. The molecule has 1 aromatic heterocycles. The molecule has 0 aliphatic heterocycles. The lowest BCUT2D eigenvalue weighted by Crippen LogP contribution is -2.30. The van der Waals surface area contributed by atoms with E-state index in [1.807, 2.05) is 0 Å². The van der Waals surface area contributed by atoms with Crippen LogP contribution in [0.2, 0.25) is 0 Å². The molecule has 120 valence electrons. The highest BCUT2D eigenvalue weighted by Crippen LogP contribution is 2.28. The topological polar surface area (TPSA) is 111 Å². The normalized spacial score (nSPS) is 10.6. The third-order valence-corrected chi connectivity index (χ3v) is 3.99. The average molecular weight is 387 g/mol. The van der Waals surface area contributed by atoms with Gasteiger partial charge in [-0.05, 0) is 24.3 Å². The van der Waals surface area contributed by atoms with Crippen LogP contribution in [0.1, 0.15) is 10.4 Å². The Morgan fingerprint density at radius 2 is 2.00 bits per heavy atom. The van der Waals surface area contributed by atoms with Crippen molar-refractivity contribution in [2.24, 2.45) is 5.84 Å². The molecule has 3 rings (SSSR count). The van der Waals surface area contributed by atoms with Gasteiger partial charge in [-0.25, -0.2) is 10.8 Å². The zero-order valence-electron chi connectivity index (χ0n) is 12.2. The number of nitro benzene ring substituents is 1. The molecule has 0 saturated carbocycles. The number of nitro groups is 1. The van der Waals surface area contributed by atoms with Gasteiger partial charge < -0.3 is 0 Å². The number of nitrogens with zero attached hydrogens (tertiary/aromatic N) is 2. The van der Waals surface area contributed by atoms with Gasteiger partial charge in [0, 0.05) is 27.6 Å². The molecular weight excluding hydrogens is 376 g/mol. The minimum absolute atomic E-state index is 0.0463. The maximum absolute atomic E-state index is 12.1. The summed E-state index contributed by atoms with van der Waals surface area (Å²) in [4.78, 5) is 27.1. The second kappa shape index (κ2) is 6.34. The number of hydrazine groups is 1. The number of nitrogens with one attached hydrogen (secondary N) is 1. The molecule has 0 aliphatic carbocycles. The molecule has 0 saturated heterocycles. The highest BCUT2D eigenvalue weighted by molar-refractivity contribution is 9.10. The van der Waals surface area contributed by atoms with Crippen LogP contribution in [0.5, 0.6) is 0 Å². The smallest absolute Gasteiger partial charge is 0.270 e. The number of hydrogen-bond acceptors (Lipinski definition) is 5. The molecule has 0 fully saturated rings. The van der Waals surface area contributed by atoms with Crippen molar-refractivity contribution in [3.8, 4) is 11.3 Å². The zero-order valence-corrected chi connectivity index (χ0v) is 13.8. The van der Waals surface area contributed by atoms with Gasteiger partial charge in [-0.2, -0.15) is 0 Å². The zero-order chi connectivity index (χ0) is 17.3. The number of pyridine rings is 1. The standard InChI is InChI=1S/C16H11BrN4O3/c17-10-4-5-14-12(7-10)13(16(22)20-18)8-15(19-14)9-2-1-3-11(6-9)21(23)24/h1-8H,18H2,(H,20,22). The van der Waals surface area contributed by atoms with Crippen molar-refractivity contribution in [3.63, 3.8) is 0 Å². The number of benzene rings is 2. The second-order valence-corrected chi connectivity index (χ2v) is 5.91. The largest absolute Gasteiger partial charge is 0.290 e. The minimum atomic E-state index is -0.477. The van der Waals surface area contributed by atoms with Crippen LogP contribution in [0.25, 0.3) is 22.2 Å². The molecule has 7 nitrogen and oxygen atoms in total.